The molecule has 102 valence electrons. The molecule has 0 spiro atoms. The Kier molecular flexibility index (Phi) is 6.41. The minimum Gasteiger partial charge on any atom is -0.394 e. The summed E-state index contributed by atoms with van der Waals surface area (Å²) in [5, 5.41) is 9.09. The normalized spacial score (nSPS) is 25.8. The largest absolute Gasteiger partial charge is 0.394 e. The predicted molar refractivity (Wildman–Crippen MR) is 70.0 cm³/mol. The Bertz CT molecular complexity index is 208. The molecule has 1 fully saturated rings. The first-order valence-corrected chi connectivity index (χ1v) is 6.68. The van der Waals surface area contributed by atoms with Crippen molar-refractivity contribution in [1.29, 1.82) is 0 Å². The Morgan fingerprint density at radius 3 is 2.94 bits per heavy atom. The average molecular weight is 244 g/mol. The number of aliphatic hydroxyl groups is 1. The Balaban J connectivity index is 2.18. The molecule has 2 unspecified atom stereocenters. The third-order valence-electron chi connectivity index (χ3n) is 3.59. The maximum Gasteiger partial charge on any atom is 0.0608 e. The molecule has 0 aliphatic carbocycles. The van der Waals surface area contributed by atoms with Gasteiger partial charge in [-0.05, 0) is 51.6 Å². The Labute approximate surface area is 105 Å². The second-order valence-corrected chi connectivity index (χ2v) is 5.68. The molecule has 2 atom stereocenters. The van der Waals surface area contributed by atoms with E-state index >= 15 is 0 Å². The molecule has 0 aromatic rings. The minimum atomic E-state index is -0.415. The number of nitrogens with two attached hydrogens (primary N) is 1. The summed E-state index contributed by atoms with van der Waals surface area (Å²) in [6, 6.07) is 0. The van der Waals surface area contributed by atoms with E-state index in [-0.39, 0.29) is 6.61 Å². The lowest BCUT2D eigenvalue weighted by molar-refractivity contribution is 0.0880. The lowest BCUT2D eigenvalue weighted by Crippen LogP contribution is -2.42. The van der Waals surface area contributed by atoms with E-state index in [1.165, 1.54) is 19.4 Å². The number of nitrogens with zero attached hydrogens (tertiary/aromatic N) is 1. The van der Waals surface area contributed by atoms with Crippen molar-refractivity contribution in [1.82, 2.24) is 4.90 Å². The molecule has 1 saturated heterocycles. The van der Waals surface area contributed by atoms with Gasteiger partial charge in [-0.2, -0.15) is 0 Å². The van der Waals surface area contributed by atoms with Crippen molar-refractivity contribution in [3.8, 4) is 0 Å². The summed E-state index contributed by atoms with van der Waals surface area (Å²) in [5.41, 5.74) is 5.50. The zero-order valence-corrected chi connectivity index (χ0v) is 11.3. The van der Waals surface area contributed by atoms with Crippen molar-refractivity contribution >= 4 is 0 Å². The third-order valence-corrected chi connectivity index (χ3v) is 3.59. The lowest BCUT2D eigenvalue weighted by Gasteiger charge is -2.33. The van der Waals surface area contributed by atoms with Crippen molar-refractivity contribution in [3.05, 3.63) is 0 Å². The molecule has 0 radical (unpaired) electrons. The molecule has 1 rings (SSSR count). The van der Waals surface area contributed by atoms with Gasteiger partial charge in [-0.1, -0.05) is 0 Å². The van der Waals surface area contributed by atoms with Crippen LogP contribution in [0, 0.1) is 5.92 Å². The van der Waals surface area contributed by atoms with Crippen LogP contribution in [0.1, 0.15) is 32.6 Å². The van der Waals surface area contributed by atoms with Gasteiger partial charge in [-0.15, -0.1) is 0 Å². The minimum absolute atomic E-state index is 0.0687. The van der Waals surface area contributed by atoms with Crippen LogP contribution in [0.3, 0.4) is 0 Å². The molecule has 3 N–H and O–H groups in total. The van der Waals surface area contributed by atoms with Crippen molar-refractivity contribution in [2.75, 3.05) is 40.0 Å². The number of ether oxygens (including phenoxy) is 1. The van der Waals surface area contributed by atoms with E-state index in [4.69, 9.17) is 15.6 Å². The van der Waals surface area contributed by atoms with Crippen LogP contribution in [0.4, 0.5) is 0 Å². The first kappa shape index (κ1) is 14.9. The number of piperidine rings is 1. The summed E-state index contributed by atoms with van der Waals surface area (Å²) < 4.78 is 5.23. The summed E-state index contributed by atoms with van der Waals surface area (Å²) in [7, 11) is 1.78. The van der Waals surface area contributed by atoms with E-state index in [1.807, 2.05) is 6.92 Å². The van der Waals surface area contributed by atoms with Crippen molar-refractivity contribution in [2.45, 2.75) is 38.1 Å². The molecule has 17 heavy (non-hydrogen) atoms. The van der Waals surface area contributed by atoms with E-state index in [0.717, 1.165) is 32.5 Å². The van der Waals surface area contributed by atoms with Gasteiger partial charge in [0.2, 0.25) is 0 Å². The fourth-order valence-electron chi connectivity index (χ4n) is 2.51. The Morgan fingerprint density at radius 2 is 2.29 bits per heavy atom. The van der Waals surface area contributed by atoms with E-state index in [1.54, 1.807) is 7.11 Å². The number of methoxy groups -OCH3 is 1. The average Bonchev–Trinajstić information content (AvgIpc) is 2.30. The van der Waals surface area contributed by atoms with Gasteiger partial charge in [0.15, 0.2) is 0 Å². The standard InChI is InChI=1S/C13H28N2O2/c1-13(14,11-16)6-4-8-15-7-3-5-12(9-15)10-17-2/h12,16H,3-11,14H2,1-2H3. The number of aliphatic hydroxyl groups excluding tert-OH is 1. The zero-order chi connectivity index (χ0) is 12.7. The van der Waals surface area contributed by atoms with Crippen LogP contribution >= 0.6 is 0 Å². The molecule has 4 nitrogen and oxygen atoms in total. The molecule has 0 aromatic heterocycles. The Hall–Kier alpha value is -0.160. The summed E-state index contributed by atoms with van der Waals surface area (Å²) in [6.45, 7) is 6.29. The molecular formula is C13H28N2O2. The highest BCUT2D eigenvalue weighted by atomic mass is 16.5. The second kappa shape index (κ2) is 7.31. The highest BCUT2D eigenvalue weighted by Gasteiger charge is 2.21. The van der Waals surface area contributed by atoms with Gasteiger partial charge < -0.3 is 20.5 Å². The van der Waals surface area contributed by atoms with Gasteiger partial charge >= 0.3 is 0 Å². The van der Waals surface area contributed by atoms with Gasteiger partial charge in [0.05, 0.1) is 13.2 Å². The molecule has 1 aliphatic rings. The van der Waals surface area contributed by atoms with Crippen molar-refractivity contribution < 1.29 is 9.84 Å². The van der Waals surface area contributed by atoms with Crippen LogP contribution in [-0.2, 0) is 4.74 Å². The Morgan fingerprint density at radius 1 is 1.53 bits per heavy atom. The van der Waals surface area contributed by atoms with Gasteiger partial charge in [0, 0.05) is 19.2 Å². The topological polar surface area (TPSA) is 58.7 Å². The van der Waals surface area contributed by atoms with Crippen molar-refractivity contribution in [3.63, 3.8) is 0 Å². The van der Waals surface area contributed by atoms with Gasteiger partial charge in [-0.3, -0.25) is 0 Å². The van der Waals surface area contributed by atoms with E-state index in [0.29, 0.717) is 5.92 Å². The van der Waals surface area contributed by atoms with Gasteiger partial charge in [0.25, 0.3) is 0 Å². The molecule has 0 saturated carbocycles. The predicted octanol–water partition coefficient (Wildman–Crippen LogP) is 0.835. The number of likely N-dealkylation sites (tertiary alicyclic amines) is 1. The van der Waals surface area contributed by atoms with Crippen molar-refractivity contribution in [2.24, 2.45) is 11.7 Å². The highest BCUT2D eigenvalue weighted by molar-refractivity contribution is 4.79. The van der Waals surface area contributed by atoms with Crippen LogP contribution in [-0.4, -0.2) is 55.5 Å². The molecular weight excluding hydrogens is 216 g/mol. The van der Waals surface area contributed by atoms with E-state index in [2.05, 4.69) is 4.90 Å². The first-order chi connectivity index (χ1) is 8.07. The highest BCUT2D eigenvalue weighted by Crippen LogP contribution is 2.17. The maximum atomic E-state index is 9.09. The molecule has 0 amide bonds. The fourth-order valence-corrected chi connectivity index (χ4v) is 2.51. The smallest absolute Gasteiger partial charge is 0.0608 e. The van der Waals surface area contributed by atoms with Crippen LogP contribution in [0.25, 0.3) is 0 Å². The number of hydrogen-bond acceptors (Lipinski definition) is 4. The van der Waals surface area contributed by atoms with Crippen LogP contribution in [0.2, 0.25) is 0 Å². The van der Waals surface area contributed by atoms with E-state index in [9.17, 15) is 0 Å². The maximum absolute atomic E-state index is 9.09. The molecule has 0 bridgehead atoms. The molecule has 1 heterocycles. The van der Waals surface area contributed by atoms with E-state index < -0.39 is 5.54 Å². The molecule has 4 heteroatoms. The zero-order valence-electron chi connectivity index (χ0n) is 11.3. The molecule has 0 aromatic carbocycles. The van der Waals surface area contributed by atoms with Crippen LogP contribution < -0.4 is 5.73 Å². The lowest BCUT2D eigenvalue weighted by atomic mass is 9.96. The molecule has 1 aliphatic heterocycles. The fraction of sp³-hybridized carbons (Fsp3) is 1.00. The SMILES string of the molecule is COCC1CCCN(CCCC(C)(N)CO)C1. The summed E-state index contributed by atoms with van der Waals surface area (Å²) in [5.74, 6) is 0.691. The van der Waals surface area contributed by atoms with Gasteiger partial charge in [-0.25, -0.2) is 0 Å². The van der Waals surface area contributed by atoms with Crippen LogP contribution in [0.15, 0.2) is 0 Å². The number of hydrogen-bond donors (Lipinski definition) is 2. The first-order valence-electron chi connectivity index (χ1n) is 6.68. The summed E-state index contributed by atoms with van der Waals surface area (Å²) in [6.07, 6.45) is 4.51. The van der Waals surface area contributed by atoms with Crippen LogP contribution in [0.5, 0.6) is 0 Å². The third kappa shape index (κ3) is 5.82. The second-order valence-electron chi connectivity index (χ2n) is 5.68. The quantitative estimate of drug-likeness (QED) is 0.696. The summed E-state index contributed by atoms with van der Waals surface area (Å²) in [4.78, 5) is 2.50. The number of rotatable bonds is 7. The van der Waals surface area contributed by atoms with Gasteiger partial charge in [0.1, 0.15) is 0 Å². The summed E-state index contributed by atoms with van der Waals surface area (Å²) >= 11 is 0. The monoisotopic (exact) mass is 244 g/mol.